The van der Waals surface area contributed by atoms with Gasteiger partial charge in [-0.05, 0) is 87.7 Å². The number of H-pyrrole nitrogens is 1. The fourth-order valence-corrected chi connectivity index (χ4v) is 7.64. The molecule has 38 heavy (non-hydrogen) atoms. The molecular weight excluding hydrogens is 458 g/mol. The Morgan fingerprint density at radius 2 is 1.21 bits per heavy atom. The molecule has 1 heteroatoms. The average molecular weight is 500 g/mol. The number of aromatic amines is 1. The third kappa shape index (κ3) is 3.30. The topological polar surface area (TPSA) is 15.8 Å². The van der Waals surface area contributed by atoms with E-state index in [1.165, 1.54) is 55.2 Å². The van der Waals surface area contributed by atoms with Crippen molar-refractivity contribution in [3.8, 4) is 11.1 Å². The van der Waals surface area contributed by atoms with Crippen LogP contribution < -0.4 is 0 Å². The maximum Gasteiger partial charge on any atom is 0.0514 e. The summed E-state index contributed by atoms with van der Waals surface area (Å²) >= 11 is 0. The van der Waals surface area contributed by atoms with Gasteiger partial charge in [-0.1, -0.05) is 109 Å². The third-order valence-electron chi connectivity index (χ3n) is 10.1. The van der Waals surface area contributed by atoms with Crippen LogP contribution in [0.25, 0.3) is 32.9 Å². The summed E-state index contributed by atoms with van der Waals surface area (Å²) in [4.78, 5) is 3.73. The third-order valence-corrected chi connectivity index (χ3v) is 10.1. The molecule has 1 aliphatic carbocycles. The first-order chi connectivity index (χ1) is 18.3. The molecule has 1 nitrogen and oxygen atoms in total. The van der Waals surface area contributed by atoms with Crippen molar-refractivity contribution in [2.75, 3.05) is 0 Å². The number of aromatic nitrogens is 1. The fraction of sp³-hybridized carbons (Fsp3) is 0.351. The zero-order chi connectivity index (χ0) is 26.7. The van der Waals surface area contributed by atoms with Gasteiger partial charge in [0.05, 0.1) is 5.41 Å². The van der Waals surface area contributed by atoms with Gasteiger partial charge in [0.15, 0.2) is 0 Å². The van der Waals surface area contributed by atoms with Gasteiger partial charge in [-0.25, -0.2) is 0 Å². The number of hydrogen-bond donors (Lipinski definition) is 1. The monoisotopic (exact) mass is 499 g/mol. The largest absolute Gasteiger partial charge is 0.355 e. The lowest BCUT2D eigenvalue weighted by molar-refractivity contribution is 0.222. The van der Waals surface area contributed by atoms with E-state index in [1.54, 1.807) is 0 Å². The highest BCUT2D eigenvalue weighted by atomic mass is 14.7. The van der Waals surface area contributed by atoms with Crippen molar-refractivity contribution in [1.82, 2.24) is 4.98 Å². The molecule has 5 aromatic rings. The standard InChI is InChI=1S/C37H41N/c1-7-22-35(4,5)37(31-16-12-10-14-27(31)28-15-11-13-17-32(28)37)26-19-21-34-30(24-26)29-23-25(18-20-33(29)38-34)36(6,8-2)9-3/h10-21,23-24,38H,7-9,22H2,1-6H3. The van der Waals surface area contributed by atoms with Crippen LogP contribution in [0, 0.1) is 5.41 Å². The van der Waals surface area contributed by atoms with Gasteiger partial charge in [0.2, 0.25) is 0 Å². The second-order valence-electron chi connectivity index (χ2n) is 12.4. The molecule has 0 radical (unpaired) electrons. The summed E-state index contributed by atoms with van der Waals surface area (Å²) in [6.45, 7) is 14.3. The molecule has 0 amide bonds. The van der Waals surface area contributed by atoms with Crippen molar-refractivity contribution >= 4 is 21.8 Å². The first-order valence-electron chi connectivity index (χ1n) is 14.6. The quantitative estimate of drug-likeness (QED) is 0.229. The maximum atomic E-state index is 3.73. The second-order valence-corrected chi connectivity index (χ2v) is 12.4. The zero-order valence-corrected chi connectivity index (χ0v) is 23.9. The van der Waals surface area contributed by atoms with Gasteiger partial charge >= 0.3 is 0 Å². The first kappa shape index (κ1) is 25.0. The van der Waals surface area contributed by atoms with Crippen LogP contribution in [-0.4, -0.2) is 4.98 Å². The molecule has 4 aromatic carbocycles. The molecule has 1 heterocycles. The predicted octanol–water partition coefficient (Wildman–Crippen LogP) is 10.5. The average Bonchev–Trinajstić information content (AvgIpc) is 3.46. The highest BCUT2D eigenvalue weighted by Gasteiger charge is 2.53. The minimum Gasteiger partial charge on any atom is -0.355 e. The van der Waals surface area contributed by atoms with Crippen LogP contribution in [0.3, 0.4) is 0 Å². The van der Waals surface area contributed by atoms with Crippen molar-refractivity contribution in [3.05, 3.63) is 107 Å². The maximum absolute atomic E-state index is 3.73. The summed E-state index contributed by atoms with van der Waals surface area (Å²) in [5, 5.41) is 2.68. The van der Waals surface area contributed by atoms with Crippen LogP contribution in [-0.2, 0) is 10.8 Å². The molecular formula is C37H41N. The highest BCUT2D eigenvalue weighted by Crippen LogP contribution is 2.62. The van der Waals surface area contributed by atoms with Gasteiger partial charge in [0.1, 0.15) is 0 Å². The van der Waals surface area contributed by atoms with Crippen molar-refractivity contribution in [2.45, 2.75) is 78.1 Å². The number of nitrogens with one attached hydrogen (secondary N) is 1. The van der Waals surface area contributed by atoms with E-state index in [4.69, 9.17) is 0 Å². The van der Waals surface area contributed by atoms with E-state index in [1.807, 2.05) is 0 Å². The van der Waals surface area contributed by atoms with Gasteiger partial charge in [-0.3, -0.25) is 0 Å². The molecule has 0 spiro atoms. The molecule has 1 aliphatic rings. The Labute approximate surface area is 228 Å². The van der Waals surface area contributed by atoms with Crippen molar-refractivity contribution < 1.29 is 0 Å². The molecule has 0 aliphatic heterocycles. The van der Waals surface area contributed by atoms with Gasteiger partial charge in [0, 0.05) is 21.8 Å². The lowest BCUT2D eigenvalue weighted by atomic mass is 9.55. The van der Waals surface area contributed by atoms with Gasteiger partial charge in [0.25, 0.3) is 0 Å². The molecule has 1 N–H and O–H groups in total. The van der Waals surface area contributed by atoms with Crippen LogP contribution in [0.5, 0.6) is 0 Å². The summed E-state index contributed by atoms with van der Waals surface area (Å²) < 4.78 is 0. The Bertz CT molecular complexity index is 1600. The van der Waals surface area contributed by atoms with Crippen molar-refractivity contribution in [3.63, 3.8) is 0 Å². The van der Waals surface area contributed by atoms with E-state index in [0.717, 1.165) is 25.7 Å². The summed E-state index contributed by atoms with van der Waals surface area (Å²) in [7, 11) is 0. The second kappa shape index (κ2) is 8.87. The Hall–Kier alpha value is -3.32. The van der Waals surface area contributed by atoms with E-state index in [0.29, 0.717) is 0 Å². The zero-order valence-electron chi connectivity index (χ0n) is 23.9. The summed E-state index contributed by atoms with van der Waals surface area (Å²) in [6, 6.07) is 32.6. The van der Waals surface area contributed by atoms with Gasteiger partial charge < -0.3 is 4.98 Å². The minimum atomic E-state index is -0.215. The van der Waals surface area contributed by atoms with E-state index < -0.39 is 0 Å². The van der Waals surface area contributed by atoms with Crippen molar-refractivity contribution in [2.24, 2.45) is 5.41 Å². The normalized spacial score (nSPS) is 14.7. The Morgan fingerprint density at radius 3 is 1.79 bits per heavy atom. The molecule has 0 atom stereocenters. The first-order valence-corrected chi connectivity index (χ1v) is 14.6. The summed E-state index contributed by atoms with van der Waals surface area (Å²) in [5.74, 6) is 0. The number of benzene rings is 4. The summed E-state index contributed by atoms with van der Waals surface area (Å²) in [5.41, 5.74) is 11.0. The highest BCUT2D eigenvalue weighted by molar-refractivity contribution is 6.08. The Kier molecular flexibility index (Phi) is 5.83. The summed E-state index contributed by atoms with van der Waals surface area (Å²) in [6.07, 6.45) is 4.59. The molecule has 0 saturated heterocycles. The lowest BCUT2D eigenvalue weighted by Gasteiger charge is -2.47. The van der Waals surface area contributed by atoms with Crippen LogP contribution in [0.4, 0.5) is 0 Å². The van der Waals surface area contributed by atoms with Crippen LogP contribution >= 0.6 is 0 Å². The molecule has 6 rings (SSSR count). The van der Waals surface area contributed by atoms with E-state index in [9.17, 15) is 0 Å². The number of rotatable bonds is 7. The Balaban J connectivity index is 1.69. The van der Waals surface area contributed by atoms with E-state index in [-0.39, 0.29) is 16.2 Å². The van der Waals surface area contributed by atoms with Crippen LogP contribution in [0.1, 0.15) is 89.5 Å². The molecule has 0 unspecified atom stereocenters. The molecule has 0 saturated carbocycles. The van der Waals surface area contributed by atoms with E-state index >= 15 is 0 Å². The fourth-order valence-electron chi connectivity index (χ4n) is 7.64. The van der Waals surface area contributed by atoms with E-state index in [2.05, 4.69) is 131 Å². The van der Waals surface area contributed by atoms with Crippen LogP contribution in [0.15, 0.2) is 84.9 Å². The predicted molar refractivity (Wildman–Crippen MR) is 164 cm³/mol. The number of fused-ring (bicyclic) bond motifs is 6. The SMILES string of the molecule is CCCC(C)(C)C1(c2ccc3[nH]c4ccc(C(C)(CC)CC)cc4c3c2)c2ccccc2-c2ccccc21. The smallest absolute Gasteiger partial charge is 0.0514 e. The molecule has 0 bridgehead atoms. The Morgan fingerprint density at radius 1 is 0.658 bits per heavy atom. The van der Waals surface area contributed by atoms with Crippen molar-refractivity contribution in [1.29, 1.82) is 0 Å². The van der Waals surface area contributed by atoms with Gasteiger partial charge in [-0.2, -0.15) is 0 Å². The molecule has 194 valence electrons. The lowest BCUT2D eigenvalue weighted by Crippen LogP contribution is -2.42. The molecule has 1 aromatic heterocycles. The minimum absolute atomic E-state index is 0.0262. The molecule has 0 fully saturated rings. The van der Waals surface area contributed by atoms with Gasteiger partial charge in [-0.15, -0.1) is 0 Å². The number of hydrogen-bond acceptors (Lipinski definition) is 0. The van der Waals surface area contributed by atoms with Crippen LogP contribution in [0.2, 0.25) is 0 Å².